The standard InChI is InChI=1S/C19H20N2O3/c20-15-19(23,13-16-7-3-1-4-8-16)11-12-21-18(22)24-14-17-9-5-2-6-10-17/h1-10,23H,11-14H2,(H,21,22). The molecule has 5 heteroatoms. The van der Waals surface area contributed by atoms with Crippen molar-refractivity contribution in [2.45, 2.75) is 25.0 Å². The third-order valence-corrected chi connectivity index (χ3v) is 3.57. The summed E-state index contributed by atoms with van der Waals surface area (Å²) in [5.74, 6) is 0. The van der Waals surface area contributed by atoms with Gasteiger partial charge in [0.1, 0.15) is 6.61 Å². The molecule has 0 heterocycles. The molecule has 5 nitrogen and oxygen atoms in total. The van der Waals surface area contributed by atoms with Crippen LogP contribution in [0.25, 0.3) is 0 Å². The fourth-order valence-electron chi connectivity index (χ4n) is 2.26. The monoisotopic (exact) mass is 324 g/mol. The van der Waals surface area contributed by atoms with Gasteiger partial charge in [-0.25, -0.2) is 4.79 Å². The van der Waals surface area contributed by atoms with Crippen molar-refractivity contribution < 1.29 is 14.6 Å². The van der Waals surface area contributed by atoms with Crippen molar-refractivity contribution >= 4 is 6.09 Å². The Hall–Kier alpha value is -2.84. The highest BCUT2D eigenvalue weighted by molar-refractivity contribution is 5.67. The Labute approximate surface area is 141 Å². The molecule has 0 aliphatic carbocycles. The maximum atomic E-state index is 11.7. The van der Waals surface area contributed by atoms with Crippen LogP contribution >= 0.6 is 0 Å². The minimum Gasteiger partial charge on any atom is -0.445 e. The van der Waals surface area contributed by atoms with E-state index in [4.69, 9.17) is 4.74 Å². The molecule has 24 heavy (non-hydrogen) atoms. The number of hydrogen-bond donors (Lipinski definition) is 2. The topological polar surface area (TPSA) is 82.4 Å². The first-order chi connectivity index (χ1) is 11.6. The number of benzene rings is 2. The van der Waals surface area contributed by atoms with Gasteiger partial charge in [0.25, 0.3) is 0 Å². The smallest absolute Gasteiger partial charge is 0.407 e. The maximum Gasteiger partial charge on any atom is 0.407 e. The summed E-state index contributed by atoms with van der Waals surface area (Å²) in [6.07, 6.45) is -0.233. The van der Waals surface area contributed by atoms with Gasteiger partial charge in [-0.2, -0.15) is 5.26 Å². The molecule has 0 aromatic heterocycles. The second-order valence-corrected chi connectivity index (χ2v) is 5.54. The van der Waals surface area contributed by atoms with Gasteiger partial charge in [0.05, 0.1) is 6.07 Å². The summed E-state index contributed by atoms with van der Waals surface area (Å²) < 4.78 is 5.08. The Morgan fingerprint density at radius 1 is 1.08 bits per heavy atom. The van der Waals surface area contributed by atoms with Crippen LogP contribution in [0.5, 0.6) is 0 Å². The molecule has 0 spiro atoms. The summed E-state index contributed by atoms with van der Waals surface area (Å²) in [6, 6.07) is 20.6. The van der Waals surface area contributed by atoms with E-state index < -0.39 is 11.7 Å². The van der Waals surface area contributed by atoms with Gasteiger partial charge >= 0.3 is 6.09 Å². The molecule has 2 rings (SSSR count). The first-order valence-corrected chi connectivity index (χ1v) is 7.73. The zero-order valence-corrected chi connectivity index (χ0v) is 13.3. The molecule has 2 N–H and O–H groups in total. The van der Waals surface area contributed by atoms with Gasteiger partial charge in [0, 0.05) is 19.4 Å². The number of alkyl carbamates (subject to hydrolysis) is 1. The van der Waals surface area contributed by atoms with E-state index in [1.807, 2.05) is 66.7 Å². The highest BCUT2D eigenvalue weighted by atomic mass is 16.5. The molecule has 2 aromatic rings. The van der Waals surface area contributed by atoms with Gasteiger partial charge in [-0.05, 0) is 11.1 Å². The number of ether oxygens (including phenoxy) is 1. The van der Waals surface area contributed by atoms with Crippen molar-refractivity contribution in [1.82, 2.24) is 5.32 Å². The Balaban J connectivity index is 1.75. The Bertz CT molecular complexity index is 683. The van der Waals surface area contributed by atoms with Crippen LogP contribution < -0.4 is 5.32 Å². The molecule has 0 bridgehead atoms. The molecule has 0 saturated carbocycles. The zero-order valence-electron chi connectivity index (χ0n) is 13.3. The molecule has 0 radical (unpaired) electrons. The van der Waals surface area contributed by atoms with E-state index in [2.05, 4.69) is 5.32 Å². The summed E-state index contributed by atoms with van der Waals surface area (Å²) >= 11 is 0. The lowest BCUT2D eigenvalue weighted by atomic mass is 9.93. The number of carbonyl (C=O) groups excluding carboxylic acids is 1. The summed E-state index contributed by atoms with van der Waals surface area (Å²) in [7, 11) is 0. The average Bonchev–Trinajstić information content (AvgIpc) is 2.62. The van der Waals surface area contributed by atoms with Crippen molar-refractivity contribution in [2.75, 3.05) is 6.54 Å². The van der Waals surface area contributed by atoms with Crippen LogP contribution in [0.15, 0.2) is 60.7 Å². The number of rotatable bonds is 7. The van der Waals surface area contributed by atoms with E-state index in [0.29, 0.717) is 0 Å². The third kappa shape index (κ3) is 5.75. The van der Waals surface area contributed by atoms with E-state index in [-0.39, 0.29) is 26.0 Å². The van der Waals surface area contributed by atoms with Crippen LogP contribution in [-0.2, 0) is 17.8 Å². The van der Waals surface area contributed by atoms with Gasteiger partial charge in [0.15, 0.2) is 5.60 Å². The van der Waals surface area contributed by atoms with Crippen LogP contribution in [0.3, 0.4) is 0 Å². The van der Waals surface area contributed by atoms with E-state index in [9.17, 15) is 15.2 Å². The minimum absolute atomic E-state index is 0.124. The van der Waals surface area contributed by atoms with Crippen molar-refractivity contribution in [3.8, 4) is 6.07 Å². The highest BCUT2D eigenvalue weighted by Gasteiger charge is 2.26. The van der Waals surface area contributed by atoms with E-state index in [0.717, 1.165) is 11.1 Å². The lowest BCUT2D eigenvalue weighted by molar-refractivity contribution is 0.0875. The predicted molar refractivity (Wildman–Crippen MR) is 90.0 cm³/mol. The van der Waals surface area contributed by atoms with Crippen LogP contribution in [0, 0.1) is 11.3 Å². The Kier molecular flexibility index (Phi) is 6.35. The van der Waals surface area contributed by atoms with Crippen molar-refractivity contribution in [3.05, 3.63) is 71.8 Å². The fourth-order valence-corrected chi connectivity index (χ4v) is 2.26. The fraction of sp³-hybridized carbons (Fsp3) is 0.263. The normalized spacial score (nSPS) is 12.7. The Morgan fingerprint density at radius 3 is 2.25 bits per heavy atom. The number of nitrogens with one attached hydrogen (secondary N) is 1. The summed E-state index contributed by atoms with van der Waals surface area (Å²) in [6.45, 7) is 0.337. The first kappa shape index (κ1) is 17.5. The zero-order chi connectivity index (χ0) is 17.3. The van der Waals surface area contributed by atoms with Crippen LogP contribution in [0.2, 0.25) is 0 Å². The molecule has 1 atom stereocenters. The van der Waals surface area contributed by atoms with E-state index >= 15 is 0 Å². The molecule has 0 aliphatic rings. The lowest BCUT2D eigenvalue weighted by Crippen LogP contribution is -2.36. The minimum atomic E-state index is -1.52. The summed E-state index contributed by atoms with van der Waals surface area (Å²) in [4.78, 5) is 11.7. The molecule has 2 aromatic carbocycles. The maximum absolute atomic E-state index is 11.7. The molecule has 0 fully saturated rings. The van der Waals surface area contributed by atoms with Crippen LogP contribution in [0.1, 0.15) is 17.5 Å². The summed E-state index contributed by atoms with van der Waals surface area (Å²) in [5.41, 5.74) is 0.243. The second kappa shape index (κ2) is 8.70. The predicted octanol–water partition coefficient (Wildman–Crippen LogP) is 2.80. The molecule has 1 unspecified atom stereocenters. The quantitative estimate of drug-likeness (QED) is 0.767. The van der Waals surface area contributed by atoms with Crippen LogP contribution in [-0.4, -0.2) is 23.3 Å². The lowest BCUT2D eigenvalue weighted by Gasteiger charge is -2.20. The Morgan fingerprint density at radius 2 is 1.67 bits per heavy atom. The number of nitriles is 1. The van der Waals surface area contributed by atoms with E-state index in [1.54, 1.807) is 0 Å². The molecular formula is C19H20N2O3. The number of nitrogens with zero attached hydrogens (tertiary/aromatic N) is 1. The largest absolute Gasteiger partial charge is 0.445 e. The average molecular weight is 324 g/mol. The molecule has 0 aliphatic heterocycles. The molecule has 124 valence electrons. The molecular weight excluding hydrogens is 304 g/mol. The number of carbonyl (C=O) groups is 1. The summed E-state index contributed by atoms with van der Waals surface area (Å²) in [5, 5.41) is 22.1. The van der Waals surface area contributed by atoms with Gasteiger partial charge in [-0.1, -0.05) is 60.7 Å². The van der Waals surface area contributed by atoms with Crippen LogP contribution in [0.4, 0.5) is 4.79 Å². The van der Waals surface area contributed by atoms with Crippen molar-refractivity contribution in [2.24, 2.45) is 0 Å². The third-order valence-electron chi connectivity index (χ3n) is 3.57. The van der Waals surface area contributed by atoms with Gasteiger partial charge in [0.2, 0.25) is 0 Å². The van der Waals surface area contributed by atoms with Crippen molar-refractivity contribution in [3.63, 3.8) is 0 Å². The number of amides is 1. The molecule has 1 amide bonds. The van der Waals surface area contributed by atoms with Gasteiger partial charge in [-0.3, -0.25) is 0 Å². The van der Waals surface area contributed by atoms with Gasteiger partial charge in [-0.15, -0.1) is 0 Å². The SMILES string of the molecule is N#CC(O)(CCNC(=O)OCc1ccccc1)Cc1ccccc1. The molecule has 0 saturated heterocycles. The van der Waals surface area contributed by atoms with Crippen molar-refractivity contribution in [1.29, 1.82) is 5.26 Å². The number of hydrogen-bond acceptors (Lipinski definition) is 4. The first-order valence-electron chi connectivity index (χ1n) is 7.73. The second-order valence-electron chi connectivity index (χ2n) is 5.54. The highest BCUT2D eigenvalue weighted by Crippen LogP contribution is 2.16. The number of aliphatic hydroxyl groups is 1. The van der Waals surface area contributed by atoms with Gasteiger partial charge < -0.3 is 15.2 Å². The van der Waals surface area contributed by atoms with E-state index in [1.165, 1.54) is 0 Å².